The summed E-state index contributed by atoms with van der Waals surface area (Å²) in [7, 11) is 0. The molecule has 0 atom stereocenters. The molecule has 1 heterocycles. The summed E-state index contributed by atoms with van der Waals surface area (Å²) in [5.41, 5.74) is 3.72. The average Bonchev–Trinajstić information content (AvgIpc) is 2.90. The molecule has 0 spiro atoms. The van der Waals surface area contributed by atoms with Crippen LogP contribution >= 0.6 is 15.9 Å². The molecule has 3 heteroatoms. The number of alkyl halides is 1. The molecule has 0 bridgehead atoms. The van der Waals surface area contributed by atoms with E-state index in [4.69, 9.17) is 0 Å². The van der Waals surface area contributed by atoms with Gasteiger partial charge in [-0.15, -0.1) is 0 Å². The SMILES string of the molecule is CC(C)C(=Cc1ccc(-n2cccn2)cc1)CBr. The standard InChI is InChI=1S/C15H17BrN2/c1-12(2)14(11-16)10-13-4-6-15(7-5-13)18-9-3-8-17-18/h3-10,12H,11H2,1-2H3. The predicted molar refractivity (Wildman–Crippen MR) is 80.2 cm³/mol. The van der Waals surface area contributed by atoms with Gasteiger partial charge in [-0.25, -0.2) is 4.68 Å². The molecule has 2 rings (SSSR count). The maximum atomic E-state index is 4.22. The van der Waals surface area contributed by atoms with Crippen molar-refractivity contribution >= 4 is 22.0 Å². The van der Waals surface area contributed by atoms with Crippen LogP contribution in [0.3, 0.4) is 0 Å². The first-order valence-electron chi connectivity index (χ1n) is 6.07. The molecule has 94 valence electrons. The molecule has 0 unspecified atom stereocenters. The third kappa shape index (κ3) is 3.10. The molecular weight excluding hydrogens is 288 g/mol. The van der Waals surface area contributed by atoms with Crippen LogP contribution in [-0.4, -0.2) is 15.1 Å². The maximum Gasteiger partial charge on any atom is 0.0645 e. The van der Waals surface area contributed by atoms with Crippen LogP contribution in [0.5, 0.6) is 0 Å². The van der Waals surface area contributed by atoms with Gasteiger partial charge in [0, 0.05) is 17.7 Å². The second kappa shape index (κ2) is 6.01. The van der Waals surface area contributed by atoms with E-state index in [1.165, 1.54) is 11.1 Å². The van der Waals surface area contributed by atoms with E-state index in [9.17, 15) is 0 Å². The molecule has 2 nitrogen and oxygen atoms in total. The number of allylic oxidation sites excluding steroid dienone is 1. The minimum Gasteiger partial charge on any atom is -0.241 e. The van der Waals surface area contributed by atoms with E-state index in [0.717, 1.165) is 11.0 Å². The van der Waals surface area contributed by atoms with E-state index in [1.807, 2.05) is 16.9 Å². The number of rotatable bonds is 4. The number of halogens is 1. The van der Waals surface area contributed by atoms with E-state index in [0.29, 0.717) is 5.92 Å². The van der Waals surface area contributed by atoms with Gasteiger partial charge in [0.25, 0.3) is 0 Å². The summed E-state index contributed by atoms with van der Waals surface area (Å²) in [6.45, 7) is 4.43. The van der Waals surface area contributed by atoms with Crippen molar-refractivity contribution in [1.29, 1.82) is 0 Å². The summed E-state index contributed by atoms with van der Waals surface area (Å²) in [6, 6.07) is 10.4. The Hall–Kier alpha value is -1.35. The van der Waals surface area contributed by atoms with Crippen molar-refractivity contribution < 1.29 is 0 Å². The molecule has 0 saturated heterocycles. The lowest BCUT2D eigenvalue weighted by atomic mass is 10.0. The summed E-state index contributed by atoms with van der Waals surface area (Å²) >= 11 is 3.54. The predicted octanol–water partition coefficient (Wildman–Crippen LogP) is 4.31. The highest BCUT2D eigenvalue weighted by atomic mass is 79.9. The minimum absolute atomic E-state index is 0.565. The van der Waals surface area contributed by atoms with Crippen LogP contribution in [0.25, 0.3) is 11.8 Å². The molecule has 0 radical (unpaired) electrons. The second-order valence-corrected chi connectivity index (χ2v) is 5.11. The van der Waals surface area contributed by atoms with Crippen molar-refractivity contribution in [3.63, 3.8) is 0 Å². The van der Waals surface area contributed by atoms with Crippen LogP contribution in [0.4, 0.5) is 0 Å². The van der Waals surface area contributed by atoms with Crippen LogP contribution in [0.1, 0.15) is 19.4 Å². The lowest BCUT2D eigenvalue weighted by molar-refractivity contribution is 0.781. The Morgan fingerprint density at radius 1 is 1.33 bits per heavy atom. The van der Waals surface area contributed by atoms with Gasteiger partial charge in [0.2, 0.25) is 0 Å². The Bertz CT molecular complexity index is 510. The van der Waals surface area contributed by atoms with Crippen LogP contribution in [0.15, 0.2) is 48.3 Å². The monoisotopic (exact) mass is 304 g/mol. The Balaban J connectivity index is 2.23. The summed E-state index contributed by atoms with van der Waals surface area (Å²) in [6.07, 6.45) is 5.98. The van der Waals surface area contributed by atoms with Crippen LogP contribution in [-0.2, 0) is 0 Å². The molecule has 0 saturated carbocycles. The summed E-state index contributed by atoms with van der Waals surface area (Å²) < 4.78 is 1.86. The number of hydrogen-bond donors (Lipinski definition) is 0. The Morgan fingerprint density at radius 2 is 2.06 bits per heavy atom. The smallest absolute Gasteiger partial charge is 0.0645 e. The molecule has 0 amide bonds. The maximum absolute atomic E-state index is 4.22. The highest BCUT2D eigenvalue weighted by Gasteiger charge is 2.02. The first-order valence-corrected chi connectivity index (χ1v) is 7.19. The zero-order valence-electron chi connectivity index (χ0n) is 10.7. The molecule has 0 N–H and O–H groups in total. The van der Waals surface area contributed by atoms with E-state index >= 15 is 0 Å². The highest BCUT2D eigenvalue weighted by molar-refractivity contribution is 9.09. The molecule has 2 aromatic rings. The van der Waals surface area contributed by atoms with Gasteiger partial charge in [-0.1, -0.05) is 53.6 Å². The second-order valence-electron chi connectivity index (χ2n) is 4.55. The number of aromatic nitrogens is 2. The first-order chi connectivity index (χ1) is 8.70. The van der Waals surface area contributed by atoms with E-state index < -0.39 is 0 Å². The van der Waals surface area contributed by atoms with Gasteiger partial charge >= 0.3 is 0 Å². The topological polar surface area (TPSA) is 17.8 Å². The van der Waals surface area contributed by atoms with Gasteiger partial charge in [0.15, 0.2) is 0 Å². The van der Waals surface area contributed by atoms with Gasteiger partial charge in [-0.05, 0) is 29.7 Å². The van der Waals surface area contributed by atoms with Gasteiger partial charge in [0.05, 0.1) is 5.69 Å². The van der Waals surface area contributed by atoms with Crippen molar-refractivity contribution in [3.8, 4) is 5.69 Å². The van der Waals surface area contributed by atoms with Crippen LogP contribution in [0.2, 0.25) is 0 Å². The third-order valence-corrected chi connectivity index (χ3v) is 3.56. The van der Waals surface area contributed by atoms with Gasteiger partial charge < -0.3 is 0 Å². The Morgan fingerprint density at radius 3 is 2.56 bits per heavy atom. The molecule has 0 aliphatic heterocycles. The average molecular weight is 305 g/mol. The fraction of sp³-hybridized carbons (Fsp3) is 0.267. The van der Waals surface area contributed by atoms with Crippen LogP contribution < -0.4 is 0 Å². The number of nitrogens with zero attached hydrogens (tertiary/aromatic N) is 2. The van der Waals surface area contributed by atoms with Crippen molar-refractivity contribution in [2.24, 2.45) is 5.92 Å². The molecule has 0 aliphatic rings. The summed E-state index contributed by atoms with van der Waals surface area (Å²) in [5.74, 6) is 0.565. The fourth-order valence-electron chi connectivity index (χ4n) is 1.72. The van der Waals surface area contributed by atoms with Gasteiger partial charge in [0.1, 0.15) is 0 Å². The molecule has 0 aliphatic carbocycles. The molecule has 1 aromatic heterocycles. The molecular formula is C15H17BrN2. The number of benzene rings is 1. The summed E-state index contributed by atoms with van der Waals surface area (Å²) in [4.78, 5) is 0. The summed E-state index contributed by atoms with van der Waals surface area (Å²) in [5, 5.41) is 5.14. The van der Waals surface area contributed by atoms with Crippen molar-refractivity contribution in [3.05, 3.63) is 53.9 Å². The Kier molecular flexibility index (Phi) is 4.37. The fourth-order valence-corrected chi connectivity index (χ4v) is 2.53. The minimum atomic E-state index is 0.565. The molecule has 0 fully saturated rings. The Labute approximate surface area is 116 Å². The van der Waals surface area contributed by atoms with E-state index in [-0.39, 0.29) is 0 Å². The van der Waals surface area contributed by atoms with E-state index in [2.05, 4.69) is 65.2 Å². The quantitative estimate of drug-likeness (QED) is 0.770. The largest absolute Gasteiger partial charge is 0.241 e. The van der Waals surface area contributed by atoms with Crippen molar-refractivity contribution in [2.45, 2.75) is 13.8 Å². The third-order valence-electron chi connectivity index (χ3n) is 2.91. The first kappa shape index (κ1) is 13.1. The lowest BCUT2D eigenvalue weighted by Gasteiger charge is -2.08. The van der Waals surface area contributed by atoms with Crippen molar-refractivity contribution in [2.75, 3.05) is 5.33 Å². The normalized spacial score (nSPS) is 12.1. The van der Waals surface area contributed by atoms with E-state index in [1.54, 1.807) is 6.20 Å². The van der Waals surface area contributed by atoms with Crippen LogP contribution in [0, 0.1) is 5.92 Å². The van der Waals surface area contributed by atoms with Crippen molar-refractivity contribution in [1.82, 2.24) is 9.78 Å². The van der Waals surface area contributed by atoms with Gasteiger partial charge in [-0.2, -0.15) is 5.10 Å². The lowest BCUT2D eigenvalue weighted by Crippen LogP contribution is -1.96. The zero-order valence-corrected chi connectivity index (χ0v) is 12.3. The molecule has 1 aromatic carbocycles. The highest BCUT2D eigenvalue weighted by Crippen LogP contribution is 2.18. The zero-order chi connectivity index (χ0) is 13.0. The van der Waals surface area contributed by atoms with Gasteiger partial charge in [-0.3, -0.25) is 0 Å². The number of hydrogen-bond acceptors (Lipinski definition) is 1. The molecule has 18 heavy (non-hydrogen) atoms.